The van der Waals surface area contributed by atoms with Crippen molar-refractivity contribution < 1.29 is 19.1 Å². The molecule has 0 saturated heterocycles. The highest BCUT2D eigenvalue weighted by molar-refractivity contribution is 5.98. The molecule has 1 atom stereocenters. The first kappa shape index (κ1) is 21.4. The van der Waals surface area contributed by atoms with Crippen molar-refractivity contribution in [3.63, 3.8) is 0 Å². The molecule has 2 aromatic rings. The van der Waals surface area contributed by atoms with Crippen molar-refractivity contribution in [1.82, 2.24) is 0 Å². The number of Topliss-reactive ketones (excluding diaryl/α,β-unsaturated/α-hetero) is 1. The quantitative estimate of drug-likeness (QED) is 0.513. The molecule has 0 bridgehead atoms. The molecule has 28 heavy (non-hydrogen) atoms. The van der Waals surface area contributed by atoms with E-state index in [1.165, 1.54) is 12.5 Å². The predicted molar refractivity (Wildman–Crippen MR) is 109 cm³/mol. The molecule has 0 unspecified atom stereocenters. The van der Waals surface area contributed by atoms with Gasteiger partial charge in [0.25, 0.3) is 5.91 Å². The Kier molecular flexibility index (Phi) is 7.93. The van der Waals surface area contributed by atoms with E-state index in [9.17, 15) is 14.4 Å². The van der Waals surface area contributed by atoms with Gasteiger partial charge in [-0.25, -0.2) is 0 Å². The van der Waals surface area contributed by atoms with Gasteiger partial charge in [-0.2, -0.15) is 0 Å². The number of hydrogen-bond donors (Lipinski definition) is 1. The second-order valence-electron chi connectivity index (χ2n) is 6.86. The molecule has 0 aromatic heterocycles. The molecular formula is C23H27NO4. The molecule has 5 heteroatoms. The molecular weight excluding hydrogens is 354 g/mol. The zero-order valence-corrected chi connectivity index (χ0v) is 16.7. The highest BCUT2D eigenvalue weighted by Gasteiger charge is 2.19. The zero-order valence-electron chi connectivity index (χ0n) is 16.7. The Morgan fingerprint density at radius 2 is 1.61 bits per heavy atom. The van der Waals surface area contributed by atoms with E-state index in [-0.39, 0.29) is 18.6 Å². The van der Waals surface area contributed by atoms with Crippen molar-refractivity contribution in [1.29, 1.82) is 0 Å². The number of benzene rings is 2. The molecule has 1 amide bonds. The minimum atomic E-state index is -0.933. The fraction of sp³-hybridized carbons (Fsp3) is 0.348. The maximum Gasteiger partial charge on any atom is 0.307 e. The normalized spacial score (nSPS) is 11.5. The SMILES string of the molecule is CCCc1ccc(C(=O)CCC(=O)O[C@H](C)C(=O)Nc2ccc(C)cc2)cc1. The van der Waals surface area contributed by atoms with Crippen molar-refractivity contribution in [2.75, 3.05) is 5.32 Å². The van der Waals surface area contributed by atoms with Crippen LogP contribution in [0.2, 0.25) is 0 Å². The second kappa shape index (κ2) is 10.4. The third-order valence-electron chi connectivity index (χ3n) is 4.37. The zero-order chi connectivity index (χ0) is 20.5. The maximum atomic E-state index is 12.2. The van der Waals surface area contributed by atoms with Crippen LogP contribution in [0, 0.1) is 6.92 Å². The molecule has 0 radical (unpaired) electrons. The van der Waals surface area contributed by atoms with E-state index >= 15 is 0 Å². The van der Waals surface area contributed by atoms with Gasteiger partial charge in [-0.05, 0) is 38.0 Å². The Morgan fingerprint density at radius 1 is 0.964 bits per heavy atom. The third-order valence-corrected chi connectivity index (χ3v) is 4.37. The summed E-state index contributed by atoms with van der Waals surface area (Å²) in [5.41, 5.74) is 3.49. The maximum absolute atomic E-state index is 12.2. The van der Waals surface area contributed by atoms with Gasteiger partial charge < -0.3 is 10.1 Å². The summed E-state index contributed by atoms with van der Waals surface area (Å²) in [4.78, 5) is 36.3. The summed E-state index contributed by atoms with van der Waals surface area (Å²) < 4.78 is 5.14. The first-order valence-corrected chi connectivity index (χ1v) is 9.58. The minimum Gasteiger partial charge on any atom is -0.453 e. The minimum absolute atomic E-state index is 0.0538. The number of carbonyl (C=O) groups is 3. The van der Waals surface area contributed by atoms with Crippen LogP contribution in [-0.4, -0.2) is 23.8 Å². The summed E-state index contributed by atoms with van der Waals surface area (Å²) in [7, 11) is 0. The molecule has 0 spiro atoms. The third kappa shape index (κ3) is 6.65. The van der Waals surface area contributed by atoms with Crippen molar-refractivity contribution in [3.05, 3.63) is 65.2 Å². The smallest absolute Gasteiger partial charge is 0.307 e. The number of aryl methyl sites for hydroxylation is 2. The largest absolute Gasteiger partial charge is 0.453 e. The van der Waals surface area contributed by atoms with Gasteiger partial charge in [-0.1, -0.05) is 55.3 Å². The van der Waals surface area contributed by atoms with Crippen LogP contribution in [0.1, 0.15) is 54.6 Å². The van der Waals surface area contributed by atoms with Crippen molar-refractivity contribution in [3.8, 4) is 0 Å². The van der Waals surface area contributed by atoms with Gasteiger partial charge in [0.15, 0.2) is 11.9 Å². The molecule has 2 aromatic carbocycles. The average Bonchev–Trinajstić information content (AvgIpc) is 2.68. The van der Waals surface area contributed by atoms with Crippen LogP contribution in [0.25, 0.3) is 0 Å². The van der Waals surface area contributed by atoms with Gasteiger partial charge in [0.05, 0.1) is 6.42 Å². The van der Waals surface area contributed by atoms with Crippen LogP contribution in [0.4, 0.5) is 5.69 Å². The van der Waals surface area contributed by atoms with E-state index in [4.69, 9.17) is 4.74 Å². The van der Waals surface area contributed by atoms with Gasteiger partial charge in [-0.15, -0.1) is 0 Å². The first-order chi connectivity index (χ1) is 13.4. The van der Waals surface area contributed by atoms with Crippen molar-refractivity contribution >= 4 is 23.3 Å². The Morgan fingerprint density at radius 3 is 2.21 bits per heavy atom. The summed E-state index contributed by atoms with van der Waals surface area (Å²) in [6.45, 7) is 5.57. The lowest BCUT2D eigenvalue weighted by molar-refractivity contribution is -0.153. The van der Waals surface area contributed by atoms with Crippen LogP contribution in [-0.2, 0) is 20.7 Å². The number of ketones is 1. The lowest BCUT2D eigenvalue weighted by atomic mass is 10.0. The van der Waals surface area contributed by atoms with Gasteiger partial charge in [0.1, 0.15) is 0 Å². The molecule has 0 saturated carbocycles. The van der Waals surface area contributed by atoms with Gasteiger partial charge in [0, 0.05) is 17.7 Å². The van der Waals surface area contributed by atoms with E-state index in [1.54, 1.807) is 24.3 Å². The highest BCUT2D eigenvalue weighted by Crippen LogP contribution is 2.12. The Bertz CT molecular complexity index is 810. The van der Waals surface area contributed by atoms with Gasteiger partial charge in [0.2, 0.25) is 0 Å². The van der Waals surface area contributed by atoms with E-state index in [0.717, 1.165) is 18.4 Å². The van der Waals surface area contributed by atoms with Crippen molar-refractivity contribution in [2.24, 2.45) is 0 Å². The lowest BCUT2D eigenvalue weighted by Gasteiger charge is -2.13. The summed E-state index contributed by atoms with van der Waals surface area (Å²) in [5, 5.41) is 2.70. The number of amides is 1. The van der Waals surface area contributed by atoms with Crippen LogP contribution >= 0.6 is 0 Å². The number of anilines is 1. The molecule has 0 heterocycles. The number of esters is 1. The van der Waals surface area contributed by atoms with E-state index in [2.05, 4.69) is 12.2 Å². The fourth-order valence-corrected chi connectivity index (χ4v) is 2.70. The Balaban J connectivity index is 1.78. The molecule has 5 nitrogen and oxygen atoms in total. The summed E-state index contributed by atoms with van der Waals surface area (Å²) in [6.07, 6.45) is 1.09. The van der Waals surface area contributed by atoms with E-state index in [1.807, 2.05) is 31.2 Å². The van der Waals surface area contributed by atoms with E-state index in [0.29, 0.717) is 11.3 Å². The monoisotopic (exact) mass is 381 g/mol. The number of carbonyl (C=O) groups excluding carboxylic acids is 3. The van der Waals surface area contributed by atoms with Crippen LogP contribution in [0.15, 0.2) is 48.5 Å². The van der Waals surface area contributed by atoms with Crippen molar-refractivity contribution in [2.45, 2.75) is 52.6 Å². The molecule has 0 aliphatic heterocycles. The Hall–Kier alpha value is -2.95. The molecule has 0 aliphatic carbocycles. The number of hydrogen-bond acceptors (Lipinski definition) is 4. The molecule has 0 fully saturated rings. The summed E-state index contributed by atoms with van der Waals surface area (Å²) in [5.74, 6) is -1.09. The molecule has 148 valence electrons. The molecule has 0 aliphatic rings. The second-order valence-corrected chi connectivity index (χ2v) is 6.86. The van der Waals surface area contributed by atoms with Gasteiger partial charge in [-0.3, -0.25) is 14.4 Å². The topological polar surface area (TPSA) is 72.5 Å². The highest BCUT2D eigenvalue weighted by atomic mass is 16.5. The number of rotatable bonds is 9. The average molecular weight is 381 g/mol. The van der Waals surface area contributed by atoms with E-state index < -0.39 is 18.0 Å². The molecule has 1 N–H and O–H groups in total. The lowest BCUT2D eigenvalue weighted by Crippen LogP contribution is -2.30. The van der Waals surface area contributed by atoms with Crippen LogP contribution in [0.3, 0.4) is 0 Å². The standard InChI is InChI=1S/C23H27NO4/c1-4-5-18-8-10-19(11-9-18)21(25)14-15-22(26)28-17(3)23(27)24-20-12-6-16(2)7-13-20/h6-13,17H,4-5,14-15H2,1-3H3,(H,24,27)/t17-/m1/s1. The van der Waals surface area contributed by atoms with Gasteiger partial charge >= 0.3 is 5.97 Å². The fourth-order valence-electron chi connectivity index (χ4n) is 2.70. The summed E-state index contributed by atoms with van der Waals surface area (Å²) in [6, 6.07) is 14.8. The molecule has 2 rings (SSSR count). The predicted octanol–water partition coefficient (Wildman–Crippen LogP) is 4.48. The van der Waals surface area contributed by atoms with Crippen LogP contribution in [0.5, 0.6) is 0 Å². The summed E-state index contributed by atoms with van der Waals surface area (Å²) >= 11 is 0. The number of ether oxygens (including phenoxy) is 1. The van der Waals surface area contributed by atoms with Crippen LogP contribution < -0.4 is 5.32 Å². The first-order valence-electron chi connectivity index (χ1n) is 9.58. The Labute approximate surface area is 166 Å². The number of nitrogens with one attached hydrogen (secondary N) is 1.